The number of carbonyl (C=O) groups excluding carboxylic acids is 1. The Morgan fingerprint density at radius 3 is 3.11 bits per heavy atom. The van der Waals surface area contributed by atoms with Crippen molar-refractivity contribution in [2.24, 2.45) is 7.05 Å². The van der Waals surface area contributed by atoms with Crippen LogP contribution >= 0.6 is 11.8 Å². The van der Waals surface area contributed by atoms with E-state index in [1.165, 1.54) is 18.1 Å². The Kier molecular flexibility index (Phi) is 2.79. The number of nitrogens with one attached hydrogen (secondary N) is 1. The monoisotopic (exact) mass is 277 g/mol. The second-order valence-electron chi connectivity index (χ2n) is 3.99. The average Bonchev–Trinajstić information content (AvgIpc) is 2.77. The van der Waals surface area contributed by atoms with Gasteiger partial charge in [-0.15, -0.1) is 0 Å². The molecule has 0 spiro atoms. The van der Waals surface area contributed by atoms with E-state index in [0.29, 0.717) is 17.1 Å². The number of nitrogen functional groups attached to an aromatic ring is 1. The van der Waals surface area contributed by atoms with Crippen molar-refractivity contribution in [3.63, 3.8) is 0 Å². The minimum atomic E-state index is -0.174. The molecule has 0 saturated heterocycles. The lowest BCUT2D eigenvalue weighted by Gasteiger charge is -2.19. The highest BCUT2D eigenvalue weighted by atomic mass is 32.2. The van der Waals surface area contributed by atoms with E-state index < -0.39 is 0 Å². The van der Waals surface area contributed by atoms with Crippen LogP contribution in [0.5, 0.6) is 5.75 Å². The first-order valence-corrected chi connectivity index (χ1v) is 6.33. The van der Waals surface area contributed by atoms with Gasteiger partial charge in [-0.2, -0.15) is 5.10 Å². The van der Waals surface area contributed by atoms with Gasteiger partial charge in [0, 0.05) is 23.7 Å². The molecular formula is C11H11N5O2S. The quantitative estimate of drug-likeness (QED) is 0.791. The maximum atomic E-state index is 11.3. The second kappa shape index (κ2) is 4.47. The molecule has 0 fully saturated rings. The lowest BCUT2D eigenvalue weighted by atomic mass is 10.2. The Hall–Kier alpha value is -2.22. The van der Waals surface area contributed by atoms with Gasteiger partial charge in [0.1, 0.15) is 12.1 Å². The molecule has 1 aromatic heterocycles. The highest BCUT2D eigenvalue weighted by Crippen LogP contribution is 2.38. The summed E-state index contributed by atoms with van der Waals surface area (Å²) >= 11 is 1.38. The van der Waals surface area contributed by atoms with Crippen LogP contribution in [0.25, 0.3) is 0 Å². The van der Waals surface area contributed by atoms with Gasteiger partial charge in [-0.05, 0) is 17.8 Å². The van der Waals surface area contributed by atoms with Gasteiger partial charge in [0.15, 0.2) is 11.8 Å². The van der Waals surface area contributed by atoms with Crippen LogP contribution in [-0.2, 0) is 11.8 Å². The minimum absolute atomic E-state index is 0.0161. The molecule has 0 saturated carbocycles. The lowest BCUT2D eigenvalue weighted by molar-refractivity contribution is -0.118. The molecule has 0 bridgehead atoms. The molecule has 3 rings (SSSR count). The molecule has 8 heteroatoms. The summed E-state index contributed by atoms with van der Waals surface area (Å²) in [6.45, 7) is 0.0161. The van der Waals surface area contributed by atoms with Crippen molar-refractivity contribution in [3.05, 3.63) is 18.5 Å². The van der Waals surface area contributed by atoms with Gasteiger partial charge < -0.3 is 15.8 Å². The fraction of sp³-hybridized carbons (Fsp3) is 0.182. The molecule has 19 heavy (non-hydrogen) atoms. The third-order valence-electron chi connectivity index (χ3n) is 2.62. The van der Waals surface area contributed by atoms with Crippen LogP contribution in [0.1, 0.15) is 0 Å². The number of amides is 1. The lowest BCUT2D eigenvalue weighted by Crippen LogP contribution is -2.25. The molecule has 1 aromatic carbocycles. The summed E-state index contributed by atoms with van der Waals surface area (Å²) in [6, 6.07) is 3.48. The summed E-state index contributed by atoms with van der Waals surface area (Å²) < 4.78 is 6.95. The number of benzene rings is 1. The number of hydrogen-bond donors (Lipinski definition) is 2. The van der Waals surface area contributed by atoms with Gasteiger partial charge in [0.25, 0.3) is 5.91 Å². The van der Waals surface area contributed by atoms with E-state index in [9.17, 15) is 4.79 Å². The molecule has 0 atom stereocenters. The van der Waals surface area contributed by atoms with Crippen LogP contribution < -0.4 is 15.8 Å². The molecule has 0 unspecified atom stereocenters. The number of nitrogens with two attached hydrogens (primary N) is 1. The fourth-order valence-corrected chi connectivity index (χ4v) is 2.52. The predicted octanol–water partition coefficient (Wildman–Crippen LogP) is 0.879. The molecule has 2 heterocycles. The zero-order valence-electron chi connectivity index (χ0n) is 10.1. The molecule has 7 nitrogen and oxygen atoms in total. The molecule has 1 amide bonds. The van der Waals surface area contributed by atoms with E-state index in [2.05, 4.69) is 15.4 Å². The Balaban J connectivity index is 1.96. The van der Waals surface area contributed by atoms with E-state index >= 15 is 0 Å². The van der Waals surface area contributed by atoms with E-state index in [1.807, 2.05) is 0 Å². The van der Waals surface area contributed by atoms with Crippen LogP contribution in [0.3, 0.4) is 0 Å². The van der Waals surface area contributed by atoms with Gasteiger partial charge in [-0.1, -0.05) is 0 Å². The predicted molar refractivity (Wildman–Crippen MR) is 70.1 cm³/mol. The van der Waals surface area contributed by atoms with E-state index in [0.717, 1.165) is 10.1 Å². The van der Waals surface area contributed by atoms with Crippen LogP contribution in [-0.4, -0.2) is 27.3 Å². The average molecular weight is 277 g/mol. The van der Waals surface area contributed by atoms with Crippen molar-refractivity contribution >= 4 is 29.0 Å². The van der Waals surface area contributed by atoms with Gasteiger partial charge in [0.05, 0.1) is 5.69 Å². The third kappa shape index (κ3) is 2.22. The zero-order chi connectivity index (χ0) is 13.4. The smallest absolute Gasteiger partial charge is 0.262 e. The number of ether oxygens (including phenoxy) is 1. The summed E-state index contributed by atoms with van der Waals surface area (Å²) in [7, 11) is 1.80. The van der Waals surface area contributed by atoms with Gasteiger partial charge in [-0.25, -0.2) is 9.67 Å². The number of carbonyl (C=O) groups is 1. The van der Waals surface area contributed by atoms with Gasteiger partial charge in [0.2, 0.25) is 0 Å². The summed E-state index contributed by atoms with van der Waals surface area (Å²) in [4.78, 5) is 16.2. The highest BCUT2D eigenvalue weighted by molar-refractivity contribution is 7.99. The largest absolute Gasteiger partial charge is 0.482 e. The fourth-order valence-electron chi connectivity index (χ4n) is 1.69. The SMILES string of the molecule is Cn1ncnc1Sc1cc2c(cc1N)OCC(=O)N2. The molecule has 2 aromatic rings. The second-order valence-corrected chi connectivity index (χ2v) is 5.00. The van der Waals surface area contributed by atoms with E-state index in [4.69, 9.17) is 10.5 Å². The molecule has 0 radical (unpaired) electrons. The van der Waals surface area contributed by atoms with E-state index in [-0.39, 0.29) is 12.5 Å². The zero-order valence-corrected chi connectivity index (χ0v) is 10.9. The van der Waals surface area contributed by atoms with Gasteiger partial charge >= 0.3 is 0 Å². The Bertz CT molecular complexity index is 655. The maximum Gasteiger partial charge on any atom is 0.262 e. The first kappa shape index (κ1) is 11.8. The Morgan fingerprint density at radius 2 is 2.37 bits per heavy atom. The van der Waals surface area contributed by atoms with E-state index in [1.54, 1.807) is 23.9 Å². The molecule has 0 aliphatic carbocycles. The first-order valence-electron chi connectivity index (χ1n) is 5.51. The minimum Gasteiger partial charge on any atom is -0.482 e. The summed E-state index contributed by atoms with van der Waals surface area (Å²) in [5.41, 5.74) is 7.17. The van der Waals surface area contributed by atoms with Gasteiger partial charge in [-0.3, -0.25) is 4.79 Å². The number of aryl methyl sites for hydroxylation is 1. The molecule has 3 N–H and O–H groups in total. The van der Waals surface area contributed by atoms with Crippen LogP contribution in [0.2, 0.25) is 0 Å². The topological polar surface area (TPSA) is 95.1 Å². The van der Waals surface area contributed by atoms with Crippen LogP contribution in [0, 0.1) is 0 Å². The number of hydrogen-bond acceptors (Lipinski definition) is 6. The number of rotatable bonds is 2. The summed E-state index contributed by atoms with van der Waals surface area (Å²) in [6.07, 6.45) is 1.47. The summed E-state index contributed by atoms with van der Waals surface area (Å²) in [5, 5.41) is 7.45. The van der Waals surface area contributed by atoms with Crippen molar-refractivity contribution in [1.29, 1.82) is 0 Å². The number of anilines is 2. The highest BCUT2D eigenvalue weighted by Gasteiger charge is 2.19. The Morgan fingerprint density at radius 1 is 1.53 bits per heavy atom. The van der Waals surface area contributed by atoms with Crippen LogP contribution in [0.15, 0.2) is 28.5 Å². The molecule has 98 valence electrons. The molecule has 1 aliphatic rings. The molecular weight excluding hydrogens is 266 g/mol. The number of nitrogens with zero attached hydrogens (tertiary/aromatic N) is 3. The normalized spacial score (nSPS) is 13.6. The van der Waals surface area contributed by atoms with Crippen molar-refractivity contribution < 1.29 is 9.53 Å². The van der Waals surface area contributed by atoms with Crippen molar-refractivity contribution in [2.75, 3.05) is 17.7 Å². The standard InChI is InChI=1S/C11H11N5O2S/c1-16-11(13-5-14-16)19-9-3-7-8(2-6(9)12)18-4-10(17)15-7/h2-3,5H,4,12H2,1H3,(H,15,17). The first-order chi connectivity index (χ1) is 9.13. The van der Waals surface area contributed by atoms with Crippen LogP contribution in [0.4, 0.5) is 11.4 Å². The van der Waals surface area contributed by atoms with Crippen molar-refractivity contribution in [1.82, 2.24) is 14.8 Å². The number of fused-ring (bicyclic) bond motifs is 1. The van der Waals surface area contributed by atoms with Crippen molar-refractivity contribution in [2.45, 2.75) is 10.1 Å². The number of aromatic nitrogens is 3. The Labute approximate surface area is 113 Å². The maximum absolute atomic E-state index is 11.3. The van der Waals surface area contributed by atoms with Crippen molar-refractivity contribution in [3.8, 4) is 5.75 Å². The molecule has 1 aliphatic heterocycles. The summed E-state index contributed by atoms with van der Waals surface area (Å²) in [5.74, 6) is 0.409. The third-order valence-corrected chi connectivity index (χ3v) is 3.74.